The van der Waals surface area contributed by atoms with Gasteiger partial charge in [0.2, 0.25) is 0 Å². The Kier molecular flexibility index (Phi) is 5.56. The van der Waals surface area contributed by atoms with Crippen molar-refractivity contribution in [3.05, 3.63) is 51.9 Å². The van der Waals surface area contributed by atoms with Crippen molar-refractivity contribution in [3.63, 3.8) is 0 Å². The van der Waals surface area contributed by atoms with Crippen LogP contribution in [0.15, 0.2) is 30.6 Å². The zero-order chi connectivity index (χ0) is 20.5. The van der Waals surface area contributed by atoms with Gasteiger partial charge >= 0.3 is 0 Å². The topological polar surface area (TPSA) is 67.2 Å². The quantitative estimate of drug-likeness (QED) is 0.680. The summed E-state index contributed by atoms with van der Waals surface area (Å²) in [6, 6.07) is 4.36. The summed E-state index contributed by atoms with van der Waals surface area (Å²) in [6.45, 7) is 1.77. The summed E-state index contributed by atoms with van der Waals surface area (Å²) in [5, 5.41) is 8.03. The molecule has 2 aromatic heterocycles. The van der Waals surface area contributed by atoms with E-state index < -0.39 is 0 Å². The third-order valence-corrected chi connectivity index (χ3v) is 6.85. The molecule has 3 aromatic rings. The first-order chi connectivity index (χ1) is 13.9. The van der Waals surface area contributed by atoms with Crippen molar-refractivity contribution in [1.29, 1.82) is 0 Å². The molecule has 1 N–H and O–H groups in total. The van der Waals surface area contributed by atoms with Crippen LogP contribution < -0.4 is 5.32 Å². The monoisotopic (exact) mass is 434 g/mol. The highest BCUT2D eigenvalue weighted by atomic mass is 35.5. The van der Waals surface area contributed by atoms with Crippen molar-refractivity contribution in [1.82, 2.24) is 20.0 Å². The fourth-order valence-corrected chi connectivity index (χ4v) is 5.04. The summed E-state index contributed by atoms with van der Waals surface area (Å²) in [5.74, 6) is -0.287. The molecule has 0 radical (unpaired) electrons. The summed E-state index contributed by atoms with van der Waals surface area (Å²) >= 11 is 7.61. The van der Waals surface area contributed by atoms with Gasteiger partial charge in [0.25, 0.3) is 11.8 Å². The van der Waals surface area contributed by atoms with E-state index in [9.17, 15) is 14.0 Å². The number of nitrogens with zero attached hydrogens (tertiary/aromatic N) is 3. The van der Waals surface area contributed by atoms with Crippen LogP contribution in [0.1, 0.15) is 32.9 Å². The van der Waals surface area contributed by atoms with E-state index in [1.165, 1.54) is 29.7 Å². The molecule has 1 saturated heterocycles. The molecule has 1 aromatic carbocycles. The third-order valence-electron chi connectivity index (χ3n) is 5.21. The lowest BCUT2D eigenvalue weighted by molar-refractivity contribution is 0.0689. The maximum absolute atomic E-state index is 13.4. The molecule has 1 aliphatic rings. The van der Waals surface area contributed by atoms with Crippen LogP contribution in [0.5, 0.6) is 0 Å². The summed E-state index contributed by atoms with van der Waals surface area (Å²) in [4.78, 5) is 27.3. The molecule has 9 heteroatoms. The van der Waals surface area contributed by atoms with E-state index in [-0.39, 0.29) is 17.6 Å². The summed E-state index contributed by atoms with van der Waals surface area (Å²) in [7, 11) is 1.77. The number of aromatic nitrogens is 2. The fourth-order valence-electron chi connectivity index (χ4n) is 3.54. The molecule has 1 fully saturated rings. The number of carbonyl (C=O) groups excluding carboxylic acids is 2. The molecule has 152 valence electrons. The van der Waals surface area contributed by atoms with Gasteiger partial charge in [0.15, 0.2) is 0 Å². The molecular formula is C20H20ClFN4O2S. The lowest BCUT2D eigenvalue weighted by Crippen LogP contribution is -2.41. The fraction of sp³-hybridized carbons (Fsp3) is 0.350. The summed E-state index contributed by atoms with van der Waals surface area (Å²) in [5.41, 5.74) is 0.538. The van der Waals surface area contributed by atoms with Gasteiger partial charge in [-0.2, -0.15) is 5.10 Å². The predicted molar refractivity (Wildman–Crippen MR) is 111 cm³/mol. The molecule has 0 atom stereocenters. The molecule has 0 saturated carbocycles. The number of piperidine rings is 1. The SMILES string of the molecule is Cn1cc(C(=O)NCC2CCN(C(=O)c3sc4cc(F)ccc4c3Cl)CC2)cn1. The van der Waals surface area contributed by atoms with Crippen LogP contribution in [0, 0.1) is 11.7 Å². The Balaban J connectivity index is 1.34. The average molecular weight is 435 g/mol. The van der Waals surface area contributed by atoms with Gasteiger partial charge in [0, 0.05) is 43.0 Å². The van der Waals surface area contributed by atoms with Gasteiger partial charge in [-0.3, -0.25) is 14.3 Å². The maximum atomic E-state index is 13.4. The van der Waals surface area contributed by atoms with E-state index in [4.69, 9.17) is 11.6 Å². The molecule has 2 amide bonds. The predicted octanol–water partition coefficient (Wildman–Crippen LogP) is 3.71. The largest absolute Gasteiger partial charge is 0.352 e. The number of hydrogen-bond donors (Lipinski definition) is 1. The number of amides is 2. The van der Waals surface area contributed by atoms with Gasteiger partial charge in [-0.05, 0) is 37.0 Å². The van der Waals surface area contributed by atoms with E-state index in [0.717, 1.165) is 12.8 Å². The Morgan fingerprint density at radius 3 is 2.79 bits per heavy atom. The molecule has 3 heterocycles. The number of aryl methyl sites for hydroxylation is 1. The van der Waals surface area contributed by atoms with Crippen molar-refractivity contribution >= 4 is 44.8 Å². The Morgan fingerprint density at radius 2 is 2.10 bits per heavy atom. The Morgan fingerprint density at radius 1 is 1.34 bits per heavy atom. The number of nitrogens with one attached hydrogen (secondary N) is 1. The molecule has 0 aliphatic carbocycles. The molecule has 1 aliphatic heterocycles. The van der Waals surface area contributed by atoms with E-state index in [1.54, 1.807) is 28.9 Å². The summed E-state index contributed by atoms with van der Waals surface area (Å²) in [6.07, 6.45) is 4.82. The molecule has 0 bridgehead atoms. The van der Waals surface area contributed by atoms with E-state index in [0.29, 0.717) is 51.1 Å². The number of benzene rings is 1. The minimum atomic E-state index is -0.344. The molecule has 0 unspecified atom stereocenters. The molecule has 0 spiro atoms. The zero-order valence-electron chi connectivity index (χ0n) is 15.8. The van der Waals surface area contributed by atoms with E-state index >= 15 is 0 Å². The van der Waals surface area contributed by atoms with Gasteiger partial charge in [-0.1, -0.05) is 11.6 Å². The third kappa shape index (κ3) is 4.13. The minimum Gasteiger partial charge on any atom is -0.352 e. The normalized spacial score (nSPS) is 15.1. The molecule has 29 heavy (non-hydrogen) atoms. The van der Waals surface area contributed by atoms with E-state index in [1.807, 2.05) is 0 Å². The van der Waals surface area contributed by atoms with Gasteiger partial charge in [-0.15, -0.1) is 11.3 Å². The van der Waals surface area contributed by atoms with Crippen LogP contribution in [0.3, 0.4) is 0 Å². The second-order valence-electron chi connectivity index (χ2n) is 7.23. The number of fused-ring (bicyclic) bond motifs is 1. The zero-order valence-corrected chi connectivity index (χ0v) is 17.4. The number of carbonyl (C=O) groups is 2. The highest BCUT2D eigenvalue weighted by Crippen LogP contribution is 2.37. The second-order valence-corrected chi connectivity index (χ2v) is 8.66. The summed E-state index contributed by atoms with van der Waals surface area (Å²) < 4.78 is 15.7. The first-order valence-electron chi connectivity index (χ1n) is 9.36. The Labute approximate surface area is 176 Å². The van der Waals surface area contributed by atoms with E-state index in [2.05, 4.69) is 10.4 Å². The van der Waals surface area contributed by atoms with Crippen molar-refractivity contribution in [3.8, 4) is 0 Å². The van der Waals surface area contributed by atoms with Crippen LogP contribution in [0.4, 0.5) is 4.39 Å². The number of hydrogen-bond acceptors (Lipinski definition) is 4. The van der Waals surface area contributed by atoms with Gasteiger partial charge in [0.05, 0.1) is 16.8 Å². The highest BCUT2D eigenvalue weighted by Gasteiger charge is 2.27. The lowest BCUT2D eigenvalue weighted by atomic mass is 9.96. The molecule has 4 rings (SSSR count). The van der Waals surface area contributed by atoms with Crippen LogP contribution in [0.25, 0.3) is 10.1 Å². The minimum absolute atomic E-state index is 0.116. The van der Waals surface area contributed by atoms with Crippen LogP contribution in [-0.2, 0) is 7.05 Å². The maximum Gasteiger partial charge on any atom is 0.265 e. The standard InChI is InChI=1S/C20H20ClFN4O2S/c1-25-11-13(10-24-25)19(27)23-9-12-4-6-26(7-5-12)20(28)18-17(21)15-3-2-14(22)8-16(15)29-18/h2-3,8,10-12H,4-7,9H2,1H3,(H,23,27). The molecule has 6 nitrogen and oxygen atoms in total. The second kappa shape index (κ2) is 8.12. The van der Waals surface area contributed by atoms with Gasteiger partial charge < -0.3 is 10.2 Å². The van der Waals surface area contributed by atoms with Crippen LogP contribution in [0.2, 0.25) is 5.02 Å². The van der Waals surface area contributed by atoms with Crippen molar-refractivity contribution in [2.45, 2.75) is 12.8 Å². The van der Waals surface area contributed by atoms with Crippen molar-refractivity contribution in [2.75, 3.05) is 19.6 Å². The number of rotatable bonds is 4. The first kappa shape index (κ1) is 19.8. The van der Waals surface area contributed by atoms with Crippen molar-refractivity contribution < 1.29 is 14.0 Å². The van der Waals surface area contributed by atoms with Crippen molar-refractivity contribution in [2.24, 2.45) is 13.0 Å². The highest BCUT2D eigenvalue weighted by molar-refractivity contribution is 7.21. The number of halogens is 2. The molecular weight excluding hydrogens is 415 g/mol. The number of thiophene rings is 1. The van der Waals surface area contributed by atoms with Crippen LogP contribution >= 0.6 is 22.9 Å². The lowest BCUT2D eigenvalue weighted by Gasteiger charge is -2.31. The smallest absolute Gasteiger partial charge is 0.265 e. The average Bonchev–Trinajstić information content (AvgIpc) is 3.29. The Bertz CT molecular complexity index is 1070. The number of likely N-dealkylation sites (tertiary alicyclic amines) is 1. The first-order valence-corrected chi connectivity index (χ1v) is 10.6. The van der Waals surface area contributed by atoms with Gasteiger partial charge in [0.1, 0.15) is 10.7 Å². The van der Waals surface area contributed by atoms with Crippen LogP contribution in [-0.4, -0.2) is 46.1 Å². The Hall–Kier alpha value is -2.45. The van der Waals surface area contributed by atoms with Gasteiger partial charge in [-0.25, -0.2) is 4.39 Å².